The first-order valence-corrected chi connectivity index (χ1v) is 7.72. The Balaban J connectivity index is 2.52. The van der Waals surface area contributed by atoms with Crippen molar-refractivity contribution < 1.29 is 17.2 Å². The average molecular weight is 330 g/mol. The van der Waals surface area contributed by atoms with Crippen molar-refractivity contribution >= 4 is 9.84 Å². The van der Waals surface area contributed by atoms with Gasteiger partial charge in [-0.05, 0) is 18.2 Å². The molecule has 0 unspecified atom stereocenters. The topological polar surface area (TPSA) is 78.1 Å². The first-order valence-electron chi connectivity index (χ1n) is 6.07. The standard InChI is InChI=1S/C13H12F2N2O4S/c1-16-8(5-12(18)17(2)13(16)19)7-22(20,21)9-3-4-10(14)11(15)6-9/h3-6H,7H2,1-2H3. The Morgan fingerprint density at radius 2 is 1.64 bits per heavy atom. The van der Waals surface area contributed by atoms with E-state index >= 15 is 0 Å². The average Bonchev–Trinajstić information content (AvgIpc) is 2.45. The van der Waals surface area contributed by atoms with E-state index in [0.717, 1.165) is 21.3 Å². The van der Waals surface area contributed by atoms with Crippen molar-refractivity contribution in [3.05, 3.63) is 62.4 Å². The lowest BCUT2D eigenvalue weighted by atomic mass is 10.3. The maximum Gasteiger partial charge on any atom is 0.330 e. The highest BCUT2D eigenvalue weighted by Gasteiger charge is 2.20. The summed E-state index contributed by atoms with van der Waals surface area (Å²) >= 11 is 0. The summed E-state index contributed by atoms with van der Waals surface area (Å²) in [6, 6.07) is 3.20. The normalized spacial score (nSPS) is 11.6. The molecule has 0 fully saturated rings. The molecule has 0 saturated carbocycles. The van der Waals surface area contributed by atoms with Crippen LogP contribution in [0.3, 0.4) is 0 Å². The fraction of sp³-hybridized carbons (Fsp3) is 0.231. The largest absolute Gasteiger partial charge is 0.330 e. The van der Waals surface area contributed by atoms with Gasteiger partial charge in [0.05, 0.1) is 10.6 Å². The molecule has 0 radical (unpaired) electrons. The lowest BCUT2D eigenvalue weighted by Gasteiger charge is -2.10. The van der Waals surface area contributed by atoms with E-state index in [4.69, 9.17) is 0 Å². The van der Waals surface area contributed by atoms with Gasteiger partial charge in [-0.25, -0.2) is 22.0 Å². The molecular weight excluding hydrogens is 318 g/mol. The quantitative estimate of drug-likeness (QED) is 0.760. The van der Waals surface area contributed by atoms with Crippen LogP contribution in [0.25, 0.3) is 0 Å². The van der Waals surface area contributed by atoms with Crippen LogP contribution < -0.4 is 11.2 Å². The molecule has 0 aliphatic rings. The first-order chi connectivity index (χ1) is 10.1. The number of nitrogens with zero attached hydrogens (tertiary/aromatic N) is 2. The zero-order valence-corrected chi connectivity index (χ0v) is 12.5. The lowest BCUT2D eigenvalue weighted by Crippen LogP contribution is -2.38. The fourth-order valence-corrected chi connectivity index (χ4v) is 3.26. The molecule has 0 atom stereocenters. The summed E-state index contributed by atoms with van der Waals surface area (Å²) in [6.07, 6.45) is 0. The van der Waals surface area contributed by atoms with E-state index in [0.29, 0.717) is 12.1 Å². The van der Waals surface area contributed by atoms with E-state index in [1.807, 2.05) is 0 Å². The van der Waals surface area contributed by atoms with Crippen LogP contribution in [0.5, 0.6) is 0 Å². The molecule has 0 aliphatic carbocycles. The fourth-order valence-electron chi connectivity index (χ4n) is 1.87. The van der Waals surface area contributed by atoms with E-state index in [9.17, 15) is 26.8 Å². The van der Waals surface area contributed by atoms with Crippen LogP contribution in [0, 0.1) is 11.6 Å². The number of sulfone groups is 1. The van der Waals surface area contributed by atoms with E-state index in [1.54, 1.807) is 0 Å². The number of benzene rings is 1. The highest BCUT2D eigenvalue weighted by atomic mass is 32.2. The minimum absolute atomic E-state index is 0.0437. The molecule has 1 aromatic carbocycles. The van der Waals surface area contributed by atoms with Gasteiger partial charge in [-0.15, -0.1) is 0 Å². The molecule has 0 saturated heterocycles. The van der Waals surface area contributed by atoms with Crippen molar-refractivity contribution in [2.75, 3.05) is 0 Å². The molecule has 9 heteroatoms. The van der Waals surface area contributed by atoms with Gasteiger partial charge in [0.2, 0.25) is 0 Å². The van der Waals surface area contributed by atoms with Crippen LogP contribution in [0.1, 0.15) is 5.69 Å². The molecule has 2 aromatic rings. The second-order valence-electron chi connectivity index (χ2n) is 4.71. The predicted octanol–water partition coefficient (Wildman–Crippen LogP) is 0.336. The Morgan fingerprint density at radius 1 is 1.00 bits per heavy atom. The molecule has 22 heavy (non-hydrogen) atoms. The van der Waals surface area contributed by atoms with Gasteiger partial charge < -0.3 is 0 Å². The van der Waals surface area contributed by atoms with Crippen LogP contribution in [-0.2, 0) is 29.7 Å². The number of hydrogen-bond donors (Lipinski definition) is 0. The molecule has 2 rings (SSSR count). The van der Waals surface area contributed by atoms with Crippen LogP contribution in [0.4, 0.5) is 8.78 Å². The minimum atomic E-state index is -4.04. The van der Waals surface area contributed by atoms with Crippen molar-refractivity contribution in [3.63, 3.8) is 0 Å². The van der Waals surface area contributed by atoms with Gasteiger partial charge in [-0.3, -0.25) is 13.9 Å². The summed E-state index contributed by atoms with van der Waals surface area (Å²) in [5.41, 5.74) is -1.38. The van der Waals surface area contributed by atoms with Crippen LogP contribution in [0.2, 0.25) is 0 Å². The van der Waals surface area contributed by atoms with Crippen molar-refractivity contribution in [2.45, 2.75) is 10.6 Å². The Kier molecular flexibility index (Phi) is 4.01. The maximum atomic E-state index is 13.2. The molecule has 1 aromatic heterocycles. The van der Waals surface area contributed by atoms with E-state index in [1.165, 1.54) is 14.1 Å². The Bertz CT molecular complexity index is 961. The third kappa shape index (κ3) is 2.84. The third-order valence-electron chi connectivity index (χ3n) is 3.21. The molecule has 0 amide bonds. The summed E-state index contributed by atoms with van der Waals surface area (Å²) in [5.74, 6) is -3.14. The summed E-state index contributed by atoms with van der Waals surface area (Å²) in [4.78, 5) is 22.9. The van der Waals surface area contributed by atoms with Gasteiger partial charge in [-0.1, -0.05) is 0 Å². The van der Waals surface area contributed by atoms with E-state index in [2.05, 4.69) is 0 Å². The lowest BCUT2D eigenvalue weighted by molar-refractivity contribution is 0.504. The summed E-state index contributed by atoms with van der Waals surface area (Å²) in [7, 11) is -1.46. The molecule has 0 aliphatic heterocycles. The second kappa shape index (κ2) is 5.48. The monoisotopic (exact) mass is 330 g/mol. The molecule has 0 N–H and O–H groups in total. The van der Waals surface area contributed by atoms with E-state index in [-0.39, 0.29) is 5.69 Å². The van der Waals surface area contributed by atoms with Gasteiger partial charge in [0, 0.05) is 25.9 Å². The number of rotatable bonds is 3. The SMILES string of the molecule is Cn1c(CS(=O)(=O)c2ccc(F)c(F)c2)cc(=O)n(C)c1=O. The molecule has 118 valence electrons. The zero-order chi connectivity index (χ0) is 16.7. The molecule has 0 spiro atoms. The Hall–Kier alpha value is -2.29. The highest BCUT2D eigenvalue weighted by molar-refractivity contribution is 7.90. The van der Waals surface area contributed by atoms with Gasteiger partial charge in [0.25, 0.3) is 5.56 Å². The molecule has 6 nitrogen and oxygen atoms in total. The first kappa shape index (κ1) is 16.1. The number of hydrogen-bond acceptors (Lipinski definition) is 4. The van der Waals surface area contributed by atoms with Crippen molar-refractivity contribution in [2.24, 2.45) is 14.1 Å². The van der Waals surface area contributed by atoms with Crippen LogP contribution >= 0.6 is 0 Å². The summed E-state index contributed by atoms with van der Waals surface area (Å²) in [5, 5.41) is 0. The van der Waals surface area contributed by atoms with Gasteiger partial charge in [-0.2, -0.15) is 0 Å². The predicted molar refractivity (Wildman–Crippen MR) is 74.2 cm³/mol. The van der Waals surface area contributed by atoms with Gasteiger partial charge in [0.1, 0.15) is 0 Å². The zero-order valence-electron chi connectivity index (χ0n) is 11.7. The molecular formula is C13H12F2N2O4S. The van der Waals surface area contributed by atoms with Gasteiger partial charge in [0.15, 0.2) is 21.5 Å². The molecule has 0 bridgehead atoms. The summed E-state index contributed by atoms with van der Waals surface area (Å²) < 4.78 is 52.3. The second-order valence-corrected chi connectivity index (χ2v) is 6.70. The highest BCUT2D eigenvalue weighted by Crippen LogP contribution is 2.18. The summed E-state index contributed by atoms with van der Waals surface area (Å²) in [6.45, 7) is 0. The smallest absolute Gasteiger partial charge is 0.300 e. The van der Waals surface area contributed by atoms with Crippen molar-refractivity contribution in [1.82, 2.24) is 9.13 Å². The van der Waals surface area contributed by atoms with Crippen LogP contribution in [0.15, 0.2) is 38.8 Å². The van der Waals surface area contributed by atoms with Crippen molar-refractivity contribution in [1.29, 1.82) is 0 Å². The third-order valence-corrected chi connectivity index (χ3v) is 4.86. The number of halogens is 2. The Morgan fingerprint density at radius 3 is 2.23 bits per heavy atom. The number of aromatic nitrogens is 2. The van der Waals surface area contributed by atoms with E-state index < -0.39 is 43.4 Å². The Labute approximate surface area is 124 Å². The minimum Gasteiger partial charge on any atom is -0.300 e. The maximum absolute atomic E-state index is 13.2. The van der Waals surface area contributed by atoms with Crippen LogP contribution in [-0.4, -0.2) is 17.6 Å². The van der Waals surface area contributed by atoms with Crippen molar-refractivity contribution in [3.8, 4) is 0 Å². The van der Waals surface area contributed by atoms with Gasteiger partial charge >= 0.3 is 5.69 Å². The molecule has 1 heterocycles.